The molecular weight excluding hydrogens is 258 g/mol. The maximum absolute atomic E-state index is 11.8. The smallest absolute Gasteiger partial charge is 0.175 e. The molecule has 0 fully saturated rings. The van der Waals surface area contributed by atoms with E-state index in [4.69, 9.17) is 0 Å². The third kappa shape index (κ3) is 4.57. The molecule has 0 aliphatic heterocycles. The Kier molecular flexibility index (Phi) is 5.30. The fourth-order valence-electron chi connectivity index (χ4n) is 1.34. The highest BCUT2D eigenvalue weighted by atomic mass is 32.2. The lowest BCUT2D eigenvalue weighted by atomic mass is 10.4. The van der Waals surface area contributed by atoms with Crippen LogP contribution in [0.4, 0.5) is 0 Å². The van der Waals surface area contributed by atoms with Crippen molar-refractivity contribution in [1.82, 2.24) is 5.32 Å². The lowest BCUT2D eigenvalue weighted by Gasteiger charge is -2.03. The molecule has 0 aromatic heterocycles. The minimum Gasteiger partial charge on any atom is -0.320 e. The van der Waals surface area contributed by atoms with Gasteiger partial charge < -0.3 is 5.32 Å². The first-order valence-electron chi connectivity index (χ1n) is 5.28. The van der Waals surface area contributed by atoms with Crippen molar-refractivity contribution in [2.45, 2.75) is 16.2 Å². The van der Waals surface area contributed by atoms with Crippen LogP contribution in [0.15, 0.2) is 34.1 Å². The molecule has 1 rings (SSSR count). The second kappa shape index (κ2) is 6.28. The SMILES string of the molecule is CNCCCS(=O)c1ccc(S(C)(=O)=O)cc1. The van der Waals surface area contributed by atoms with Crippen molar-refractivity contribution in [3.8, 4) is 0 Å². The minimum atomic E-state index is -3.18. The fourth-order valence-corrected chi connectivity index (χ4v) is 3.05. The van der Waals surface area contributed by atoms with Crippen LogP contribution in [-0.2, 0) is 20.6 Å². The molecule has 1 N–H and O–H groups in total. The van der Waals surface area contributed by atoms with Gasteiger partial charge in [0.2, 0.25) is 0 Å². The minimum absolute atomic E-state index is 0.258. The van der Waals surface area contributed by atoms with Gasteiger partial charge in [-0.25, -0.2) is 8.42 Å². The van der Waals surface area contributed by atoms with Gasteiger partial charge in [-0.3, -0.25) is 4.21 Å². The van der Waals surface area contributed by atoms with Gasteiger partial charge in [-0.15, -0.1) is 0 Å². The van der Waals surface area contributed by atoms with E-state index in [-0.39, 0.29) is 4.90 Å². The van der Waals surface area contributed by atoms with E-state index in [0.717, 1.165) is 19.2 Å². The van der Waals surface area contributed by atoms with Gasteiger partial charge in [0.25, 0.3) is 0 Å². The van der Waals surface area contributed by atoms with Crippen LogP contribution in [0, 0.1) is 0 Å². The quantitative estimate of drug-likeness (QED) is 0.780. The molecule has 6 heteroatoms. The van der Waals surface area contributed by atoms with Gasteiger partial charge in [0.15, 0.2) is 9.84 Å². The van der Waals surface area contributed by atoms with Gasteiger partial charge in [0, 0.05) is 16.9 Å². The molecule has 1 aromatic rings. The van der Waals surface area contributed by atoms with Crippen LogP contribution in [0.3, 0.4) is 0 Å². The molecule has 0 aliphatic carbocycles. The monoisotopic (exact) mass is 275 g/mol. The zero-order chi connectivity index (χ0) is 12.9. The summed E-state index contributed by atoms with van der Waals surface area (Å²) in [6.45, 7) is 0.827. The number of nitrogens with one attached hydrogen (secondary N) is 1. The number of rotatable bonds is 6. The number of benzene rings is 1. The van der Waals surface area contributed by atoms with Crippen molar-refractivity contribution in [3.05, 3.63) is 24.3 Å². The second-order valence-corrected chi connectivity index (χ2v) is 7.34. The Morgan fingerprint density at radius 3 is 2.29 bits per heavy atom. The maximum Gasteiger partial charge on any atom is 0.175 e. The van der Waals surface area contributed by atoms with Gasteiger partial charge in [-0.05, 0) is 44.3 Å². The Balaban J connectivity index is 2.71. The number of sulfone groups is 1. The molecule has 4 nitrogen and oxygen atoms in total. The van der Waals surface area contributed by atoms with E-state index in [1.54, 1.807) is 12.1 Å². The third-order valence-electron chi connectivity index (χ3n) is 2.27. The van der Waals surface area contributed by atoms with Crippen LogP contribution in [-0.4, -0.2) is 38.2 Å². The average molecular weight is 275 g/mol. The van der Waals surface area contributed by atoms with Crippen molar-refractivity contribution in [3.63, 3.8) is 0 Å². The fraction of sp³-hybridized carbons (Fsp3) is 0.455. The van der Waals surface area contributed by atoms with E-state index >= 15 is 0 Å². The molecule has 0 spiro atoms. The topological polar surface area (TPSA) is 63.2 Å². The van der Waals surface area contributed by atoms with E-state index in [9.17, 15) is 12.6 Å². The van der Waals surface area contributed by atoms with Gasteiger partial charge in [-0.1, -0.05) is 0 Å². The van der Waals surface area contributed by atoms with Crippen LogP contribution < -0.4 is 5.32 Å². The van der Waals surface area contributed by atoms with Crippen molar-refractivity contribution in [1.29, 1.82) is 0 Å². The summed E-state index contributed by atoms with van der Waals surface area (Å²) in [5.74, 6) is 0.582. The highest BCUT2D eigenvalue weighted by Crippen LogP contribution is 2.13. The predicted molar refractivity (Wildman–Crippen MR) is 69.4 cm³/mol. The molecule has 1 atom stereocenters. The normalized spacial score (nSPS) is 13.5. The van der Waals surface area contributed by atoms with Gasteiger partial charge >= 0.3 is 0 Å². The molecule has 0 aliphatic rings. The summed E-state index contributed by atoms with van der Waals surface area (Å²) in [5, 5.41) is 2.99. The summed E-state index contributed by atoms with van der Waals surface area (Å²) >= 11 is 0. The zero-order valence-corrected chi connectivity index (χ0v) is 11.6. The largest absolute Gasteiger partial charge is 0.320 e. The lowest BCUT2D eigenvalue weighted by molar-refractivity contribution is 0.601. The van der Waals surface area contributed by atoms with Crippen LogP contribution in [0.25, 0.3) is 0 Å². The molecule has 1 unspecified atom stereocenters. The standard InChI is InChI=1S/C11H17NO3S2/c1-12-8-3-9-16(13)10-4-6-11(7-5-10)17(2,14)15/h4-7,12H,3,8-9H2,1-2H3. The molecule has 0 bridgehead atoms. The van der Waals surface area contributed by atoms with Crippen LogP contribution in [0.2, 0.25) is 0 Å². The predicted octanol–water partition coefficient (Wildman–Crippen LogP) is 0.807. The second-order valence-electron chi connectivity index (χ2n) is 3.75. The van der Waals surface area contributed by atoms with Crippen LogP contribution in [0.1, 0.15) is 6.42 Å². The molecule has 0 saturated heterocycles. The average Bonchev–Trinajstić information content (AvgIpc) is 2.28. The maximum atomic E-state index is 11.8. The highest BCUT2D eigenvalue weighted by molar-refractivity contribution is 7.90. The van der Waals surface area contributed by atoms with Gasteiger partial charge in [-0.2, -0.15) is 0 Å². The van der Waals surface area contributed by atoms with E-state index in [0.29, 0.717) is 10.6 Å². The Bertz CT molecular complexity index is 480. The molecule has 0 saturated carbocycles. The molecule has 96 valence electrons. The molecule has 17 heavy (non-hydrogen) atoms. The summed E-state index contributed by atoms with van der Waals surface area (Å²) in [5.41, 5.74) is 0. The van der Waals surface area contributed by atoms with E-state index in [1.807, 2.05) is 7.05 Å². The molecule has 1 aromatic carbocycles. The molecule has 0 amide bonds. The summed E-state index contributed by atoms with van der Waals surface area (Å²) in [6.07, 6.45) is 1.99. The molecule has 0 radical (unpaired) electrons. The van der Waals surface area contributed by atoms with E-state index < -0.39 is 20.6 Å². The van der Waals surface area contributed by atoms with Crippen molar-refractivity contribution < 1.29 is 12.6 Å². The van der Waals surface area contributed by atoms with Crippen molar-refractivity contribution in [2.24, 2.45) is 0 Å². The van der Waals surface area contributed by atoms with Gasteiger partial charge in [0.1, 0.15) is 0 Å². The Hall–Kier alpha value is -0.720. The van der Waals surface area contributed by atoms with Crippen LogP contribution >= 0.6 is 0 Å². The number of hydrogen-bond donors (Lipinski definition) is 1. The zero-order valence-electron chi connectivity index (χ0n) is 9.97. The first-order chi connectivity index (χ1) is 7.95. The summed E-state index contributed by atoms with van der Waals surface area (Å²) < 4.78 is 34.3. The van der Waals surface area contributed by atoms with Gasteiger partial charge in [0.05, 0.1) is 15.7 Å². The highest BCUT2D eigenvalue weighted by Gasteiger charge is 2.08. The number of hydrogen-bond acceptors (Lipinski definition) is 4. The molecular formula is C11H17NO3S2. The summed E-state index contributed by atoms with van der Waals surface area (Å²) in [6, 6.07) is 6.24. The summed E-state index contributed by atoms with van der Waals surface area (Å²) in [4.78, 5) is 0.932. The van der Waals surface area contributed by atoms with E-state index in [2.05, 4.69) is 5.32 Å². The Labute approximate surface area is 105 Å². The van der Waals surface area contributed by atoms with Crippen LogP contribution in [0.5, 0.6) is 0 Å². The first-order valence-corrected chi connectivity index (χ1v) is 8.49. The lowest BCUT2D eigenvalue weighted by Crippen LogP contribution is -2.11. The third-order valence-corrected chi connectivity index (χ3v) is 4.86. The van der Waals surface area contributed by atoms with Crippen molar-refractivity contribution in [2.75, 3.05) is 25.6 Å². The molecule has 0 heterocycles. The summed E-state index contributed by atoms with van der Waals surface area (Å²) in [7, 11) is -2.38. The Morgan fingerprint density at radius 2 is 1.82 bits per heavy atom. The Morgan fingerprint density at radius 1 is 1.24 bits per heavy atom. The first kappa shape index (κ1) is 14.3. The van der Waals surface area contributed by atoms with E-state index in [1.165, 1.54) is 12.1 Å². The van der Waals surface area contributed by atoms with Crippen molar-refractivity contribution >= 4 is 20.6 Å².